The molecule has 1 unspecified atom stereocenters. The van der Waals surface area contributed by atoms with Crippen LogP contribution in [0.25, 0.3) is 0 Å². The summed E-state index contributed by atoms with van der Waals surface area (Å²) in [5.41, 5.74) is 1.78. The summed E-state index contributed by atoms with van der Waals surface area (Å²) in [5.74, 6) is -1.23. The van der Waals surface area contributed by atoms with Crippen molar-refractivity contribution in [1.29, 1.82) is 0 Å². The van der Waals surface area contributed by atoms with Crippen LogP contribution in [0.3, 0.4) is 0 Å². The first-order chi connectivity index (χ1) is 11.9. The van der Waals surface area contributed by atoms with E-state index in [1.165, 1.54) is 0 Å². The molecule has 1 heterocycles. The maximum Gasteiger partial charge on any atom is 0.192 e. The van der Waals surface area contributed by atoms with Crippen molar-refractivity contribution in [2.45, 2.75) is 58.5 Å². The van der Waals surface area contributed by atoms with E-state index in [9.17, 15) is 13.9 Å². The molecule has 0 amide bonds. The largest absolute Gasteiger partial charge is 0.411 e. The molecule has 0 aliphatic carbocycles. The normalized spacial score (nSPS) is 13.7. The molecule has 0 fully saturated rings. The third kappa shape index (κ3) is 4.55. The minimum Gasteiger partial charge on any atom is -0.411 e. The highest BCUT2D eigenvalue weighted by Crippen LogP contribution is 2.37. The highest BCUT2D eigenvalue weighted by atomic mass is 28.4. The molecule has 2 rings (SSSR count). The van der Waals surface area contributed by atoms with Crippen molar-refractivity contribution in [2.24, 2.45) is 0 Å². The number of aromatic nitrogens is 1. The highest BCUT2D eigenvalue weighted by Gasteiger charge is 2.37. The van der Waals surface area contributed by atoms with Crippen molar-refractivity contribution in [3.05, 3.63) is 64.5 Å². The minimum absolute atomic E-state index is 0.0741. The summed E-state index contributed by atoms with van der Waals surface area (Å²) in [5, 5.41) is 10.7. The van der Waals surface area contributed by atoms with Crippen LogP contribution in [0, 0.1) is 18.6 Å². The van der Waals surface area contributed by atoms with Gasteiger partial charge in [0.2, 0.25) is 0 Å². The molecule has 2 aromatic rings. The summed E-state index contributed by atoms with van der Waals surface area (Å²) in [6, 6.07) is 4.78. The van der Waals surface area contributed by atoms with Crippen LogP contribution in [0.1, 0.15) is 49.3 Å². The van der Waals surface area contributed by atoms with Gasteiger partial charge in [0.1, 0.15) is 17.7 Å². The zero-order valence-electron chi connectivity index (χ0n) is 16.2. The number of aryl methyl sites for hydroxylation is 1. The van der Waals surface area contributed by atoms with Crippen LogP contribution in [-0.4, -0.2) is 18.4 Å². The third-order valence-electron chi connectivity index (χ3n) is 5.14. The first kappa shape index (κ1) is 20.7. The Morgan fingerprint density at radius 1 is 1.15 bits per heavy atom. The van der Waals surface area contributed by atoms with Gasteiger partial charge in [-0.25, -0.2) is 8.78 Å². The highest BCUT2D eigenvalue weighted by molar-refractivity contribution is 6.74. The van der Waals surface area contributed by atoms with E-state index in [2.05, 4.69) is 38.8 Å². The molecule has 1 N–H and O–H groups in total. The molecule has 142 valence electrons. The molecule has 0 aliphatic heterocycles. The van der Waals surface area contributed by atoms with Crippen LogP contribution in [0.2, 0.25) is 18.1 Å². The summed E-state index contributed by atoms with van der Waals surface area (Å²) >= 11 is 0. The van der Waals surface area contributed by atoms with Gasteiger partial charge < -0.3 is 9.53 Å². The molecule has 0 bridgehead atoms. The summed E-state index contributed by atoms with van der Waals surface area (Å²) in [6.45, 7) is 12.9. The van der Waals surface area contributed by atoms with Gasteiger partial charge in [-0.15, -0.1) is 0 Å². The van der Waals surface area contributed by atoms with Gasteiger partial charge in [0.25, 0.3) is 0 Å². The number of aliphatic hydroxyl groups excluding tert-OH is 1. The maximum absolute atomic E-state index is 14.0. The van der Waals surface area contributed by atoms with Crippen molar-refractivity contribution < 1.29 is 18.3 Å². The van der Waals surface area contributed by atoms with E-state index in [1.54, 1.807) is 19.2 Å². The molecular formula is C20H27F2NO2Si. The molecule has 0 spiro atoms. The van der Waals surface area contributed by atoms with Gasteiger partial charge >= 0.3 is 0 Å². The zero-order chi connectivity index (χ0) is 19.7. The van der Waals surface area contributed by atoms with E-state index in [1.807, 2.05) is 0 Å². The predicted octanol–water partition coefficient (Wildman–Crippen LogP) is 5.27. The molecule has 3 nitrogen and oxygen atoms in total. The first-order valence-corrected chi connectivity index (χ1v) is 11.6. The van der Waals surface area contributed by atoms with E-state index < -0.39 is 26.1 Å². The molecule has 1 aromatic carbocycles. The molecule has 0 saturated carbocycles. The summed E-state index contributed by atoms with van der Waals surface area (Å²) in [7, 11) is -1.94. The number of aliphatic hydroxyl groups is 1. The Morgan fingerprint density at radius 3 is 2.42 bits per heavy atom. The Bertz CT molecular complexity index is 788. The Morgan fingerprint density at radius 2 is 1.81 bits per heavy atom. The number of rotatable bonds is 5. The molecule has 6 heteroatoms. The lowest BCUT2D eigenvalue weighted by atomic mass is 9.97. The average Bonchev–Trinajstić information content (AvgIpc) is 2.54. The maximum atomic E-state index is 14.0. The van der Waals surface area contributed by atoms with Crippen molar-refractivity contribution in [3.63, 3.8) is 0 Å². The van der Waals surface area contributed by atoms with E-state index >= 15 is 0 Å². The second-order valence-corrected chi connectivity index (χ2v) is 13.0. The van der Waals surface area contributed by atoms with E-state index in [4.69, 9.17) is 4.43 Å². The predicted molar refractivity (Wildman–Crippen MR) is 101 cm³/mol. The summed E-state index contributed by atoms with van der Waals surface area (Å²) in [4.78, 5) is 4.36. The van der Waals surface area contributed by atoms with Gasteiger partial charge in [0.05, 0.1) is 12.3 Å². The fraction of sp³-hybridized carbons (Fsp3) is 0.450. The van der Waals surface area contributed by atoms with Gasteiger partial charge in [-0.1, -0.05) is 20.8 Å². The monoisotopic (exact) mass is 379 g/mol. The van der Waals surface area contributed by atoms with Gasteiger partial charge in [0.15, 0.2) is 8.32 Å². The van der Waals surface area contributed by atoms with Crippen LogP contribution in [0.5, 0.6) is 0 Å². The standard InChI is InChI=1S/C20H27F2NO2Si/c1-13-11-23-15(12-25-26(5,6)20(2,3)4)10-16(13)19(24)17-9-14(21)7-8-18(17)22/h7-11,19,24H,12H2,1-6H3. The summed E-state index contributed by atoms with van der Waals surface area (Å²) in [6.07, 6.45) is 0.362. The quantitative estimate of drug-likeness (QED) is 0.720. The van der Waals surface area contributed by atoms with E-state index in [-0.39, 0.29) is 10.6 Å². The lowest BCUT2D eigenvalue weighted by Crippen LogP contribution is -2.40. The third-order valence-corrected chi connectivity index (χ3v) is 9.61. The minimum atomic E-state index is -1.94. The molecule has 0 radical (unpaired) electrons. The topological polar surface area (TPSA) is 42.4 Å². The number of hydrogen-bond acceptors (Lipinski definition) is 3. The molecular weight excluding hydrogens is 352 g/mol. The second-order valence-electron chi connectivity index (χ2n) is 8.15. The number of pyridine rings is 1. The molecule has 0 saturated heterocycles. The molecule has 26 heavy (non-hydrogen) atoms. The van der Waals surface area contributed by atoms with E-state index in [0.717, 1.165) is 18.2 Å². The van der Waals surface area contributed by atoms with Gasteiger partial charge in [-0.2, -0.15) is 0 Å². The number of nitrogens with zero attached hydrogens (tertiary/aromatic N) is 1. The van der Waals surface area contributed by atoms with Crippen molar-refractivity contribution >= 4 is 8.32 Å². The Labute approximate surface area is 155 Å². The van der Waals surface area contributed by atoms with Crippen LogP contribution < -0.4 is 0 Å². The number of halogens is 2. The zero-order valence-corrected chi connectivity index (χ0v) is 17.2. The molecule has 1 atom stereocenters. The van der Waals surface area contributed by atoms with E-state index in [0.29, 0.717) is 23.4 Å². The SMILES string of the molecule is Cc1cnc(CO[Si](C)(C)C(C)(C)C)cc1C(O)c1cc(F)ccc1F. The number of benzene rings is 1. The molecule has 1 aromatic heterocycles. The smallest absolute Gasteiger partial charge is 0.192 e. The van der Waals surface area contributed by atoms with Gasteiger partial charge in [-0.3, -0.25) is 4.98 Å². The van der Waals surface area contributed by atoms with Crippen LogP contribution >= 0.6 is 0 Å². The molecule has 0 aliphatic rings. The second kappa shape index (κ2) is 7.54. The Kier molecular flexibility index (Phi) is 6.00. The van der Waals surface area contributed by atoms with Crippen LogP contribution in [0.15, 0.2) is 30.5 Å². The van der Waals surface area contributed by atoms with Crippen molar-refractivity contribution in [2.75, 3.05) is 0 Å². The first-order valence-electron chi connectivity index (χ1n) is 8.65. The van der Waals surface area contributed by atoms with Crippen molar-refractivity contribution in [1.82, 2.24) is 4.98 Å². The van der Waals surface area contributed by atoms with Crippen LogP contribution in [0.4, 0.5) is 8.78 Å². The van der Waals surface area contributed by atoms with Crippen LogP contribution in [-0.2, 0) is 11.0 Å². The lowest BCUT2D eigenvalue weighted by Gasteiger charge is -2.36. The Hall–Kier alpha value is -1.63. The Balaban J connectivity index is 2.28. The van der Waals surface area contributed by atoms with Gasteiger partial charge in [-0.05, 0) is 60.4 Å². The fourth-order valence-corrected chi connectivity index (χ4v) is 3.26. The average molecular weight is 380 g/mol. The fourth-order valence-electron chi connectivity index (χ4n) is 2.32. The van der Waals surface area contributed by atoms with Gasteiger partial charge in [0, 0.05) is 11.8 Å². The number of hydrogen-bond donors (Lipinski definition) is 1. The summed E-state index contributed by atoms with van der Waals surface area (Å²) < 4.78 is 33.6. The lowest BCUT2D eigenvalue weighted by molar-refractivity contribution is 0.212. The van der Waals surface area contributed by atoms with Crippen molar-refractivity contribution in [3.8, 4) is 0 Å².